The first-order chi connectivity index (χ1) is 13.0. The molecule has 5 heteroatoms. The Balaban J connectivity index is 1.78. The van der Waals surface area contributed by atoms with Gasteiger partial charge >= 0.3 is 0 Å². The van der Waals surface area contributed by atoms with Gasteiger partial charge in [0.1, 0.15) is 5.82 Å². The summed E-state index contributed by atoms with van der Waals surface area (Å²) in [5.41, 5.74) is 6.77. The molecule has 4 atom stereocenters. The fourth-order valence-electron chi connectivity index (χ4n) is 4.53. The minimum Gasteiger partial charge on any atom is -0.329 e. The van der Waals surface area contributed by atoms with Gasteiger partial charge in [-0.25, -0.2) is 4.68 Å². The number of nitrogens with one attached hydrogen (secondary N) is 1. The Hall–Kier alpha value is -1.88. The molecule has 2 aliphatic rings. The molecule has 1 aromatic rings. The number of nitrogens with zero attached hydrogens (tertiary/aromatic N) is 2. The minimum atomic E-state index is 0.0796. The first-order valence-corrected chi connectivity index (χ1v) is 10.4. The standard InChI is InChI=1S/C22H34N4O/c1-15(2)18-10-9-16(3)13-19(18)22(27)24-21-14-20(25-26(21)12-11-23)17-7-5-4-6-8-17/h4-7,14-19H,8-13,23H2,1-3H3,(H,24,27)/t16-,17?,18+,19-/m1/s1. The van der Waals surface area contributed by atoms with Crippen molar-refractivity contribution < 1.29 is 4.79 Å². The lowest BCUT2D eigenvalue weighted by molar-refractivity contribution is -0.124. The topological polar surface area (TPSA) is 72.9 Å². The molecular formula is C22H34N4O. The summed E-state index contributed by atoms with van der Waals surface area (Å²) >= 11 is 0. The highest BCUT2D eigenvalue weighted by atomic mass is 16.2. The van der Waals surface area contributed by atoms with Gasteiger partial charge in [0.2, 0.25) is 5.91 Å². The summed E-state index contributed by atoms with van der Waals surface area (Å²) in [6.07, 6.45) is 12.7. The summed E-state index contributed by atoms with van der Waals surface area (Å²) < 4.78 is 1.86. The van der Waals surface area contributed by atoms with E-state index in [0.717, 1.165) is 30.8 Å². The van der Waals surface area contributed by atoms with Crippen molar-refractivity contribution in [1.29, 1.82) is 0 Å². The van der Waals surface area contributed by atoms with E-state index in [4.69, 9.17) is 10.8 Å². The zero-order valence-corrected chi connectivity index (χ0v) is 16.9. The molecule has 1 saturated carbocycles. The van der Waals surface area contributed by atoms with Crippen LogP contribution in [0.2, 0.25) is 0 Å². The van der Waals surface area contributed by atoms with Crippen molar-refractivity contribution in [2.45, 2.75) is 58.9 Å². The summed E-state index contributed by atoms with van der Waals surface area (Å²) in [4.78, 5) is 13.2. The zero-order chi connectivity index (χ0) is 19.4. The Bertz CT molecular complexity index is 703. The maximum absolute atomic E-state index is 13.2. The van der Waals surface area contributed by atoms with Gasteiger partial charge in [0.25, 0.3) is 0 Å². The van der Waals surface area contributed by atoms with Crippen LogP contribution >= 0.6 is 0 Å². The van der Waals surface area contributed by atoms with Crippen molar-refractivity contribution >= 4 is 11.7 Å². The van der Waals surface area contributed by atoms with Crippen LogP contribution in [-0.4, -0.2) is 22.2 Å². The molecule has 1 amide bonds. The van der Waals surface area contributed by atoms with Crippen LogP contribution in [0.5, 0.6) is 0 Å². The van der Waals surface area contributed by atoms with E-state index < -0.39 is 0 Å². The summed E-state index contributed by atoms with van der Waals surface area (Å²) in [5.74, 6) is 2.86. The molecule has 1 unspecified atom stereocenters. The van der Waals surface area contributed by atoms with Gasteiger partial charge < -0.3 is 11.1 Å². The second kappa shape index (κ2) is 8.87. The minimum absolute atomic E-state index is 0.0796. The monoisotopic (exact) mass is 370 g/mol. The van der Waals surface area contributed by atoms with Crippen molar-refractivity contribution in [3.8, 4) is 0 Å². The Morgan fingerprint density at radius 2 is 2.19 bits per heavy atom. The predicted octanol–water partition coefficient (Wildman–Crippen LogP) is 4.09. The second-order valence-corrected chi connectivity index (χ2v) is 8.54. The SMILES string of the molecule is CC(C)[C@@H]1CC[C@@H](C)C[C@H]1C(=O)Nc1cc(C2C=CC=CC2)nn1CCN. The van der Waals surface area contributed by atoms with Crippen LogP contribution in [0.1, 0.15) is 58.1 Å². The summed E-state index contributed by atoms with van der Waals surface area (Å²) in [5, 5.41) is 7.92. The van der Waals surface area contributed by atoms with Crippen molar-refractivity contribution in [2.75, 3.05) is 11.9 Å². The predicted molar refractivity (Wildman–Crippen MR) is 110 cm³/mol. The maximum Gasteiger partial charge on any atom is 0.228 e. The largest absolute Gasteiger partial charge is 0.329 e. The number of hydrogen-bond donors (Lipinski definition) is 2. The van der Waals surface area contributed by atoms with Crippen LogP contribution in [0.25, 0.3) is 0 Å². The third-order valence-corrected chi connectivity index (χ3v) is 6.11. The van der Waals surface area contributed by atoms with E-state index in [1.165, 1.54) is 6.42 Å². The van der Waals surface area contributed by atoms with Crippen molar-refractivity contribution in [1.82, 2.24) is 9.78 Å². The third kappa shape index (κ3) is 4.70. The average Bonchev–Trinajstić information content (AvgIpc) is 3.05. The Labute approximate surface area is 163 Å². The van der Waals surface area contributed by atoms with Crippen LogP contribution in [0, 0.1) is 23.7 Å². The number of anilines is 1. The third-order valence-electron chi connectivity index (χ3n) is 6.11. The van der Waals surface area contributed by atoms with Gasteiger partial charge in [-0.15, -0.1) is 0 Å². The number of carbonyl (C=O) groups excluding carboxylic acids is 1. The number of rotatable bonds is 6. The lowest BCUT2D eigenvalue weighted by Crippen LogP contribution is -2.37. The van der Waals surface area contributed by atoms with Gasteiger partial charge in [-0.05, 0) is 37.0 Å². The second-order valence-electron chi connectivity index (χ2n) is 8.54. The van der Waals surface area contributed by atoms with E-state index in [9.17, 15) is 4.79 Å². The Morgan fingerprint density at radius 1 is 1.37 bits per heavy atom. The smallest absolute Gasteiger partial charge is 0.228 e. The molecule has 3 rings (SSSR count). The molecule has 0 spiro atoms. The average molecular weight is 371 g/mol. The number of carbonyl (C=O) groups is 1. The van der Waals surface area contributed by atoms with Crippen LogP contribution in [0.15, 0.2) is 30.4 Å². The molecule has 0 saturated heterocycles. The molecular weight excluding hydrogens is 336 g/mol. The van der Waals surface area contributed by atoms with Gasteiger partial charge in [0, 0.05) is 24.4 Å². The highest BCUT2D eigenvalue weighted by Crippen LogP contribution is 2.38. The zero-order valence-electron chi connectivity index (χ0n) is 16.9. The van der Waals surface area contributed by atoms with E-state index in [1.807, 2.05) is 10.7 Å². The molecule has 27 heavy (non-hydrogen) atoms. The summed E-state index contributed by atoms with van der Waals surface area (Å²) in [7, 11) is 0. The molecule has 0 aliphatic heterocycles. The van der Waals surface area contributed by atoms with E-state index in [2.05, 4.69) is 50.4 Å². The van der Waals surface area contributed by atoms with Crippen LogP contribution in [-0.2, 0) is 11.3 Å². The molecule has 5 nitrogen and oxygen atoms in total. The van der Waals surface area contributed by atoms with Crippen LogP contribution < -0.4 is 11.1 Å². The lowest BCUT2D eigenvalue weighted by Gasteiger charge is -2.36. The quantitative estimate of drug-likeness (QED) is 0.792. The fourth-order valence-corrected chi connectivity index (χ4v) is 4.53. The number of aromatic nitrogens is 2. The fraction of sp³-hybridized carbons (Fsp3) is 0.636. The summed E-state index contributed by atoms with van der Waals surface area (Å²) in [6.45, 7) is 7.84. The molecule has 0 aromatic carbocycles. The van der Waals surface area contributed by atoms with Gasteiger partial charge in [-0.3, -0.25) is 4.79 Å². The molecule has 0 bridgehead atoms. The van der Waals surface area contributed by atoms with E-state index in [1.54, 1.807) is 0 Å². The van der Waals surface area contributed by atoms with Crippen molar-refractivity contribution in [3.05, 3.63) is 36.1 Å². The molecule has 1 aromatic heterocycles. The van der Waals surface area contributed by atoms with Gasteiger partial charge in [-0.2, -0.15) is 5.10 Å². The molecule has 0 radical (unpaired) electrons. The highest BCUT2D eigenvalue weighted by Gasteiger charge is 2.35. The number of allylic oxidation sites excluding steroid dienone is 4. The lowest BCUT2D eigenvalue weighted by atomic mass is 9.70. The van der Waals surface area contributed by atoms with Gasteiger partial charge in [0.15, 0.2) is 0 Å². The maximum atomic E-state index is 13.2. The van der Waals surface area contributed by atoms with E-state index in [-0.39, 0.29) is 17.7 Å². The van der Waals surface area contributed by atoms with Gasteiger partial charge in [-0.1, -0.05) is 51.5 Å². The first-order valence-electron chi connectivity index (χ1n) is 10.4. The Morgan fingerprint density at radius 3 is 2.85 bits per heavy atom. The van der Waals surface area contributed by atoms with E-state index in [0.29, 0.717) is 30.8 Å². The molecule has 1 heterocycles. The number of amides is 1. The first kappa shape index (κ1) is 19.9. The van der Waals surface area contributed by atoms with Crippen molar-refractivity contribution in [3.63, 3.8) is 0 Å². The molecule has 1 fully saturated rings. The van der Waals surface area contributed by atoms with Crippen LogP contribution in [0.3, 0.4) is 0 Å². The molecule has 148 valence electrons. The normalized spacial score (nSPS) is 27.9. The molecule has 2 aliphatic carbocycles. The van der Waals surface area contributed by atoms with E-state index >= 15 is 0 Å². The van der Waals surface area contributed by atoms with Crippen LogP contribution in [0.4, 0.5) is 5.82 Å². The summed E-state index contributed by atoms with van der Waals surface area (Å²) in [6, 6.07) is 2.03. The number of hydrogen-bond acceptors (Lipinski definition) is 3. The van der Waals surface area contributed by atoms with Crippen molar-refractivity contribution in [2.24, 2.45) is 29.4 Å². The molecule has 3 N–H and O–H groups in total. The number of nitrogens with two attached hydrogens (primary N) is 1. The Kier molecular flexibility index (Phi) is 6.53. The highest BCUT2D eigenvalue weighted by molar-refractivity contribution is 5.92. The van der Waals surface area contributed by atoms with Gasteiger partial charge in [0.05, 0.1) is 12.2 Å².